The minimum absolute atomic E-state index is 0.0706. The fraction of sp³-hybridized carbons (Fsp3) is 0.385. The molecule has 1 rings (SSSR count). The van der Waals surface area contributed by atoms with Crippen LogP contribution in [0.4, 0.5) is 0 Å². The molecule has 1 aromatic carbocycles. The molecule has 0 aromatic heterocycles. The van der Waals surface area contributed by atoms with E-state index in [1.165, 1.54) is 0 Å². The van der Waals surface area contributed by atoms with Crippen LogP contribution in [0.5, 0.6) is 5.75 Å². The van der Waals surface area contributed by atoms with E-state index in [0.717, 1.165) is 0 Å². The fourth-order valence-corrected chi connectivity index (χ4v) is 1.65. The summed E-state index contributed by atoms with van der Waals surface area (Å²) in [7, 11) is 0. The standard InChI is InChI=1S/C13H17ClN2O2S/c1-8(2)6-16-12(17)7-18-11-4-3-9(13(15)19)5-10(11)14/h3-5,8H,6-7H2,1-2H3,(H2,15,19)(H,16,17). The number of hydrogen-bond donors (Lipinski definition) is 2. The first kappa shape index (κ1) is 15.7. The Morgan fingerprint density at radius 2 is 2.21 bits per heavy atom. The molecule has 0 radical (unpaired) electrons. The lowest BCUT2D eigenvalue weighted by Gasteiger charge is -2.10. The summed E-state index contributed by atoms with van der Waals surface area (Å²) in [5.74, 6) is 0.655. The van der Waals surface area contributed by atoms with Gasteiger partial charge < -0.3 is 15.8 Å². The van der Waals surface area contributed by atoms with Crippen LogP contribution >= 0.6 is 23.8 Å². The van der Waals surface area contributed by atoms with Gasteiger partial charge in [0, 0.05) is 12.1 Å². The average Bonchev–Trinajstić information content (AvgIpc) is 2.34. The number of carbonyl (C=O) groups is 1. The van der Waals surface area contributed by atoms with Gasteiger partial charge in [0.25, 0.3) is 5.91 Å². The Hall–Kier alpha value is -1.33. The van der Waals surface area contributed by atoms with Crippen molar-refractivity contribution in [3.63, 3.8) is 0 Å². The number of ether oxygens (including phenoxy) is 1. The highest BCUT2D eigenvalue weighted by molar-refractivity contribution is 7.80. The minimum atomic E-state index is -0.178. The minimum Gasteiger partial charge on any atom is -0.482 e. The van der Waals surface area contributed by atoms with E-state index in [0.29, 0.717) is 28.8 Å². The normalized spacial score (nSPS) is 10.3. The van der Waals surface area contributed by atoms with Gasteiger partial charge in [0.1, 0.15) is 10.7 Å². The molecule has 3 N–H and O–H groups in total. The quantitative estimate of drug-likeness (QED) is 0.790. The number of rotatable bonds is 6. The van der Waals surface area contributed by atoms with Crippen LogP contribution in [-0.4, -0.2) is 24.0 Å². The van der Waals surface area contributed by atoms with Crippen molar-refractivity contribution in [1.29, 1.82) is 0 Å². The summed E-state index contributed by atoms with van der Waals surface area (Å²) in [4.78, 5) is 11.8. The van der Waals surface area contributed by atoms with Gasteiger partial charge in [-0.3, -0.25) is 4.79 Å². The molecule has 0 aliphatic heterocycles. The summed E-state index contributed by atoms with van der Waals surface area (Å²) in [5, 5.41) is 3.13. The summed E-state index contributed by atoms with van der Waals surface area (Å²) in [6, 6.07) is 4.97. The van der Waals surface area contributed by atoms with E-state index in [2.05, 4.69) is 5.32 Å². The van der Waals surface area contributed by atoms with Crippen molar-refractivity contribution < 1.29 is 9.53 Å². The van der Waals surface area contributed by atoms with Crippen molar-refractivity contribution in [2.24, 2.45) is 11.7 Å². The number of nitrogens with two attached hydrogens (primary N) is 1. The number of thiocarbonyl (C=S) groups is 1. The first-order valence-electron chi connectivity index (χ1n) is 5.89. The van der Waals surface area contributed by atoms with Gasteiger partial charge in [0.2, 0.25) is 0 Å². The first-order valence-corrected chi connectivity index (χ1v) is 6.67. The second-order valence-electron chi connectivity index (χ2n) is 4.50. The molecule has 6 heteroatoms. The molecule has 0 heterocycles. The first-order chi connectivity index (χ1) is 8.90. The summed E-state index contributed by atoms with van der Waals surface area (Å²) in [6.45, 7) is 4.59. The molecular formula is C13H17ClN2O2S. The predicted octanol–water partition coefficient (Wildman–Crippen LogP) is 2.13. The Labute approximate surface area is 123 Å². The van der Waals surface area contributed by atoms with Crippen LogP contribution < -0.4 is 15.8 Å². The zero-order chi connectivity index (χ0) is 14.4. The molecule has 0 atom stereocenters. The van der Waals surface area contributed by atoms with Gasteiger partial charge in [-0.1, -0.05) is 37.7 Å². The van der Waals surface area contributed by atoms with Crippen LogP contribution in [0.1, 0.15) is 19.4 Å². The van der Waals surface area contributed by atoms with Crippen LogP contribution in [-0.2, 0) is 4.79 Å². The zero-order valence-corrected chi connectivity index (χ0v) is 12.5. The fourth-order valence-electron chi connectivity index (χ4n) is 1.28. The molecule has 0 fully saturated rings. The number of hydrogen-bond acceptors (Lipinski definition) is 3. The summed E-state index contributed by atoms with van der Waals surface area (Å²) < 4.78 is 5.34. The van der Waals surface area contributed by atoms with Gasteiger partial charge in [-0.15, -0.1) is 0 Å². The van der Waals surface area contributed by atoms with Crippen molar-refractivity contribution in [3.05, 3.63) is 28.8 Å². The Balaban J connectivity index is 2.54. The predicted molar refractivity (Wildman–Crippen MR) is 80.7 cm³/mol. The van der Waals surface area contributed by atoms with Gasteiger partial charge in [-0.2, -0.15) is 0 Å². The van der Waals surface area contributed by atoms with Gasteiger partial charge in [0.15, 0.2) is 6.61 Å². The molecule has 0 saturated heterocycles. The number of amides is 1. The summed E-state index contributed by atoms with van der Waals surface area (Å²) in [5.41, 5.74) is 6.15. The Bertz CT molecular complexity index is 478. The van der Waals surface area contributed by atoms with Crippen molar-refractivity contribution in [2.45, 2.75) is 13.8 Å². The number of nitrogens with one attached hydrogen (secondary N) is 1. The third kappa shape index (κ3) is 5.44. The van der Waals surface area contributed by atoms with Crippen LogP contribution in [0.2, 0.25) is 5.02 Å². The molecular weight excluding hydrogens is 284 g/mol. The lowest BCUT2D eigenvalue weighted by Crippen LogP contribution is -2.31. The molecule has 104 valence electrons. The number of benzene rings is 1. The number of halogens is 1. The van der Waals surface area contributed by atoms with Gasteiger partial charge >= 0.3 is 0 Å². The van der Waals surface area contributed by atoms with Gasteiger partial charge in [-0.25, -0.2) is 0 Å². The molecule has 1 amide bonds. The van der Waals surface area contributed by atoms with Gasteiger partial charge in [0.05, 0.1) is 5.02 Å². The molecule has 0 aliphatic carbocycles. The second kappa shape index (κ2) is 7.31. The lowest BCUT2D eigenvalue weighted by molar-refractivity contribution is -0.123. The highest BCUT2D eigenvalue weighted by atomic mass is 35.5. The molecule has 4 nitrogen and oxygen atoms in total. The number of carbonyl (C=O) groups excluding carboxylic acids is 1. The third-order valence-corrected chi connectivity index (χ3v) is 2.81. The summed E-state index contributed by atoms with van der Waals surface area (Å²) >= 11 is 10.9. The van der Waals surface area contributed by atoms with E-state index in [1.54, 1.807) is 18.2 Å². The van der Waals surface area contributed by atoms with E-state index in [4.69, 9.17) is 34.3 Å². The van der Waals surface area contributed by atoms with Crippen LogP contribution in [0.25, 0.3) is 0 Å². The van der Waals surface area contributed by atoms with Crippen molar-refractivity contribution in [1.82, 2.24) is 5.32 Å². The van der Waals surface area contributed by atoms with Crippen LogP contribution in [0.3, 0.4) is 0 Å². The maximum Gasteiger partial charge on any atom is 0.257 e. The SMILES string of the molecule is CC(C)CNC(=O)COc1ccc(C(N)=S)cc1Cl. The maximum atomic E-state index is 11.5. The summed E-state index contributed by atoms with van der Waals surface area (Å²) in [6.07, 6.45) is 0. The van der Waals surface area contributed by atoms with Crippen molar-refractivity contribution >= 4 is 34.7 Å². The Kier molecular flexibility index (Phi) is 6.05. The van der Waals surface area contributed by atoms with E-state index >= 15 is 0 Å². The molecule has 0 bridgehead atoms. The molecule has 19 heavy (non-hydrogen) atoms. The molecule has 0 spiro atoms. The van der Waals surface area contributed by atoms with E-state index in [9.17, 15) is 4.79 Å². The third-order valence-electron chi connectivity index (χ3n) is 2.28. The van der Waals surface area contributed by atoms with E-state index in [-0.39, 0.29) is 17.5 Å². The molecule has 0 saturated carbocycles. The highest BCUT2D eigenvalue weighted by Crippen LogP contribution is 2.25. The smallest absolute Gasteiger partial charge is 0.257 e. The maximum absolute atomic E-state index is 11.5. The Morgan fingerprint density at radius 1 is 1.53 bits per heavy atom. The largest absolute Gasteiger partial charge is 0.482 e. The molecule has 0 unspecified atom stereocenters. The van der Waals surface area contributed by atoms with Crippen molar-refractivity contribution in [2.75, 3.05) is 13.2 Å². The monoisotopic (exact) mass is 300 g/mol. The van der Waals surface area contributed by atoms with E-state index < -0.39 is 0 Å². The lowest BCUT2D eigenvalue weighted by atomic mass is 10.2. The van der Waals surface area contributed by atoms with Gasteiger partial charge in [-0.05, 0) is 24.1 Å². The molecule has 1 aromatic rings. The second-order valence-corrected chi connectivity index (χ2v) is 5.34. The van der Waals surface area contributed by atoms with Crippen molar-refractivity contribution in [3.8, 4) is 5.75 Å². The van der Waals surface area contributed by atoms with Crippen LogP contribution in [0.15, 0.2) is 18.2 Å². The zero-order valence-electron chi connectivity index (χ0n) is 10.9. The topological polar surface area (TPSA) is 64.3 Å². The highest BCUT2D eigenvalue weighted by Gasteiger charge is 2.08. The average molecular weight is 301 g/mol. The van der Waals surface area contributed by atoms with E-state index in [1.807, 2.05) is 13.8 Å². The van der Waals surface area contributed by atoms with Crippen LogP contribution in [0, 0.1) is 5.92 Å². The molecule has 0 aliphatic rings. The Morgan fingerprint density at radius 3 is 2.74 bits per heavy atom.